The second-order valence-corrected chi connectivity index (χ2v) is 3.75. The number of carbonyl (C=O) groups is 1. The minimum atomic E-state index is -0.276. The van der Waals surface area contributed by atoms with Crippen molar-refractivity contribution in [1.82, 2.24) is 14.5 Å². The van der Waals surface area contributed by atoms with E-state index in [0.717, 1.165) is 11.0 Å². The van der Waals surface area contributed by atoms with Crippen molar-refractivity contribution in [3.05, 3.63) is 55.0 Å². The van der Waals surface area contributed by atoms with Gasteiger partial charge in [-0.2, -0.15) is 0 Å². The Kier molecular flexibility index (Phi) is 2.49. The maximum absolute atomic E-state index is 12.1. The fourth-order valence-corrected chi connectivity index (χ4v) is 1.73. The zero-order chi connectivity index (χ0) is 12.4. The Morgan fingerprint density at radius 1 is 1.06 bits per heavy atom. The van der Waals surface area contributed by atoms with Crippen molar-refractivity contribution >= 4 is 22.9 Å². The molecule has 0 spiro atoms. The lowest BCUT2D eigenvalue weighted by atomic mass is 10.3. The number of hydrogen-bond acceptors (Lipinski definition) is 3. The van der Waals surface area contributed by atoms with Gasteiger partial charge in [-0.1, -0.05) is 18.2 Å². The molecule has 3 rings (SSSR count). The number of benzene rings is 1. The first-order valence-corrected chi connectivity index (χ1v) is 5.49. The maximum atomic E-state index is 12.1. The first-order valence-electron chi connectivity index (χ1n) is 5.49. The van der Waals surface area contributed by atoms with Gasteiger partial charge in [0.15, 0.2) is 0 Å². The maximum Gasteiger partial charge on any atom is 0.332 e. The fraction of sp³-hybridized carbons (Fsp3) is 0. The highest BCUT2D eigenvalue weighted by Gasteiger charge is 2.09. The lowest BCUT2D eigenvalue weighted by molar-refractivity contribution is 0.254. The lowest BCUT2D eigenvalue weighted by Crippen LogP contribution is -2.19. The SMILES string of the molecule is O=C(Nc1ccccn1)n1cnc2ccccc21. The second-order valence-electron chi connectivity index (χ2n) is 3.75. The van der Waals surface area contributed by atoms with E-state index in [1.807, 2.05) is 30.3 Å². The molecule has 1 amide bonds. The van der Waals surface area contributed by atoms with E-state index in [4.69, 9.17) is 0 Å². The van der Waals surface area contributed by atoms with Crippen molar-refractivity contribution in [3.8, 4) is 0 Å². The Labute approximate surface area is 103 Å². The van der Waals surface area contributed by atoms with Crippen LogP contribution in [-0.4, -0.2) is 20.6 Å². The summed E-state index contributed by atoms with van der Waals surface area (Å²) in [6.45, 7) is 0. The van der Waals surface area contributed by atoms with Gasteiger partial charge >= 0.3 is 6.03 Å². The third kappa shape index (κ3) is 1.82. The van der Waals surface area contributed by atoms with Crippen LogP contribution in [0, 0.1) is 0 Å². The van der Waals surface area contributed by atoms with Crippen LogP contribution < -0.4 is 5.32 Å². The number of pyridine rings is 1. The zero-order valence-corrected chi connectivity index (χ0v) is 9.45. The first-order chi connectivity index (χ1) is 8.84. The van der Waals surface area contributed by atoms with E-state index < -0.39 is 0 Å². The molecule has 18 heavy (non-hydrogen) atoms. The number of amides is 1. The molecule has 88 valence electrons. The molecule has 0 aliphatic rings. The number of para-hydroxylation sites is 2. The Morgan fingerprint density at radius 3 is 2.72 bits per heavy atom. The predicted molar refractivity (Wildman–Crippen MR) is 68.4 cm³/mol. The third-order valence-electron chi connectivity index (χ3n) is 2.57. The van der Waals surface area contributed by atoms with Crippen LogP contribution in [0.3, 0.4) is 0 Å². The molecule has 0 aliphatic carbocycles. The van der Waals surface area contributed by atoms with Crippen LogP contribution in [0.25, 0.3) is 11.0 Å². The summed E-state index contributed by atoms with van der Waals surface area (Å²) in [5.74, 6) is 0.514. The van der Waals surface area contributed by atoms with Gasteiger partial charge in [0.1, 0.15) is 12.1 Å². The molecule has 0 fully saturated rings. The molecule has 0 saturated carbocycles. The average molecular weight is 238 g/mol. The van der Waals surface area contributed by atoms with E-state index in [1.165, 1.54) is 10.9 Å². The standard InChI is InChI=1S/C13H10N4O/c18-13(16-12-7-3-4-8-14-12)17-9-15-10-5-1-2-6-11(10)17/h1-9H,(H,14,16,18). The Balaban J connectivity index is 1.93. The Bertz CT molecular complexity index is 690. The summed E-state index contributed by atoms with van der Waals surface area (Å²) < 4.78 is 1.46. The summed E-state index contributed by atoms with van der Waals surface area (Å²) in [5.41, 5.74) is 1.56. The molecule has 5 nitrogen and oxygen atoms in total. The summed E-state index contributed by atoms with van der Waals surface area (Å²) in [7, 11) is 0. The molecule has 0 aliphatic heterocycles. The van der Waals surface area contributed by atoms with Gasteiger partial charge in [-0.05, 0) is 24.3 Å². The summed E-state index contributed by atoms with van der Waals surface area (Å²) in [6.07, 6.45) is 3.13. The Hall–Kier alpha value is -2.69. The van der Waals surface area contributed by atoms with Gasteiger partial charge in [-0.25, -0.2) is 14.8 Å². The number of anilines is 1. The molecule has 0 saturated heterocycles. The van der Waals surface area contributed by atoms with E-state index in [2.05, 4.69) is 15.3 Å². The van der Waals surface area contributed by atoms with Crippen molar-refractivity contribution in [2.45, 2.75) is 0 Å². The Morgan fingerprint density at radius 2 is 1.89 bits per heavy atom. The summed E-state index contributed by atoms with van der Waals surface area (Å²) >= 11 is 0. The third-order valence-corrected chi connectivity index (χ3v) is 2.57. The molecule has 0 unspecified atom stereocenters. The monoisotopic (exact) mass is 238 g/mol. The van der Waals surface area contributed by atoms with Gasteiger partial charge < -0.3 is 0 Å². The molecule has 3 aromatic rings. The fourth-order valence-electron chi connectivity index (χ4n) is 1.73. The molecule has 0 radical (unpaired) electrons. The van der Waals surface area contributed by atoms with E-state index in [-0.39, 0.29) is 6.03 Å². The van der Waals surface area contributed by atoms with Crippen LogP contribution in [0.4, 0.5) is 10.6 Å². The highest BCUT2D eigenvalue weighted by molar-refractivity contribution is 5.96. The molecule has 5 heteroatoms. The van der Waals surface area contributed by atoms with Crippen LogP contribution >= 0.6 is 0 Å². The quantitative estimate of drug-likeness (QED) is 0.708. The minimum Gasteiger partial charge on any atom is -0.292 e. The number of nitrogens with zero attached hydrogens (tertiary/aromatic N) is 3. The van der Waals surface area contributed by atoms with Gasteiger partial charge in [-0.15, -0.1) is 0 Å². The van der Waals surface area contributed by atoms with Crippen molar-refractivity contribution in [3.63, 3.8) is 0 Å². The van der Waals surface area contributed by atoms with Crippen molar-refractivity contribution in [1.29, 1.82) is 0 Å². The van der Waals surface area contributed by atoms with Crippen molar-refractivity contribution < 1.29 is 4.79 Å². The topological polar surface area (TPSA) is 59.8 Å². The molecule has 1 aromatic carbocycles. The summed E-state index contributed by atoms with van der Waals surface area (Å²) in [6, 6.07) is 12.5. The number of hydrogen-bond donors (Lipinski definition) is 1. The summed E-state index contributed by atoms with van der Waals surface area (Å²) in [4.78, 5) is 20.3. The molecule has 2 heterocycles. The van der Waals surface area contributed by atoms with Crippen molar-refractivity contribution in [2.24, 2.45) is 0 Å². The highest BCUT2D eigenvalue weighted by Crippen LogP contribution is 2.12. The minimum absolute atomic E-state index is 0.276. The zero-order valence-electron chi connectivity index (χ0n) is 9.45. The highest BCUT2D eigenvalue weighted by atomic mass is 16.2. The van der Waals surface area contributed by atoms with Crippen LogP contribution in [0.15, 0.2) is 55.0 Å². The molecule has 2 aromatic heterocycles. The van der Waals surface area contributed by atoms with Crippen LogP contribution in [-0.2, 0) is 0 Å². The van der Waals surface area contributed by atoms with E-state index in [9.17, 15) is 4.79 Å². The number of rotatable bonds is 1. The number of imidazole rings is 1. The summed E-state index contributed by atoms with van der Waals surface area (Å²) in [5, 5.41) is 2.71. The number of fused-ring (bicyclic) bond motifs is 1. The molecular formula is C13H10N4O. The van der Waals surface area contributed by atoms with Crippen molar-refractivity contribution in [2.75, 3.05) is 5.32 Å². The largest absolute Gasteiger partial charge is 0.332 e. The normalized spacial score (nSPS) is 10.4. The lowest BCUT2D eigenvalue weighted by Gasteiger charge is -2.04. The van der Waals surface area contributed by atoms with E-state index in [0.29, 0.717) is 5.82 Å². The van der Waals surface area contributed by atoms with Gasteiger partial charge in [0, 0.05) is 6.20 Å². The van der Waals surface area contributed by atoms with Crippen LogP contribution in [0.5, 0.6) is 0 Å². The molecular weight excluding hydrogens is 228 g/mol. The van der Waals surface area contributed by atoms with Crippen LogP contribution in [0.1, 0.15) is 0 Å². The van der Waals surface area contributed by atoms with Gasteiger partial charge in [0.2, 0.25) is 0 Å². The van der Waals surface area contributed by atoms with Crippen LogP contribution in [0.2, 0.25) is 0 Å². The van der Waals surface area contributed by atoms with Gasteiger partial charge in [-0.3, -0.25) is 9.88 Å². The average Bonchev–Trinajstić information content (AvgIpc) is 2.84. The molecule has 0 bridgehead atoms. The van der Waals surface area contributed by atoms with Gasteiger partial charge in [0.25, 0.3) is 0 Å². The number of carbonyl (C=O) groups excluding carboxylic acids is 1. The number of nitrogens with one attached hydrogen (secondary N) is 1. The first kappa shape index (κ1) is 10.5. The van der Waals surface area contributed by atoms with E-state index >= 15 is 0 Å². The smallest absolute Gasteiger partial charge is 0.292 e. The predicted octanol–water partition coefficient (Wildman–Crippen LogP) is 2.51. The number of aromatic nitrogens is 3. The van der Waals surface area contributed by atoms with E-state index in [1.54, 1.807) is 18.3 Å². The molecule has 0 atom stereocenters. The van der Waals surface area contributed by atoms with Gasteiger partial charge in [0.05, 0.1) is 11.0 Å². The molecule has 1 N–H and O–H groups in total. The second kappa shape index (κ2) is 4.29.